The lowest BCUT2D eigenvalue weighted by Crippen LogP contribution is -2.32. The van der Waals surface area contributed by atoms with Crippen LogP contribution in [-0.4, -0.2) is 42.5 Å². The summed E-state index contributed by atoms with van der Waals surface area (Å²) in [5, 5.41) is -0.373. The minimum Gasteiger partial charge on any atom is -0.491 e. The number of ether oxygens (including phenoxy) is 1. The first-order valence-corrected chi connectivity index (χ1v) is 6.98. The predicted octanol–water partition coefficient (Wildman–Crippen LogP) is 2.90. The molecule has 2 rings (SSSR count). The van der Waals surface area contributed by atoms with Crippen molar-refractivity contribution in [1.29, 1.82) is 0 Å². The third-order valence-corrected chi connectivity index (χ3v) is 4.21. The van der Waals surface area contributed by atoms with Gasteiger partial charge in [-0.05, 0) is 32.3 Å². The van der Waals surface area contributed by atoms with Crippen molar-refractivity contribution in [2.75, 3.05) is 26.6 Å². The van der Waals surface area contributed by atoms with E-state index in [-0.39, 0.29) is 29.0 Å². The molecule has 3 nitrogen and oxygen atoms in total. The topological polar surface area (TPSA) is 29.5 Å². The van der Waals surface area contributed by atoms with E-state index in [0.29, 0.717) is 5.88 Å². The Bertz CT molecular complexity index is 517. The quantitative estimate of drug-likeness (QED) is 0.803. The van der Waals surface area contributed by atoms with Crippen LogP contribution >= 0.6 is 11.8 Å². The van der Waals surface area contributed by atoms with Crippen LogP contribution in [0.5, 0.6) is 5.75 Å². The number of rotatable bonds is 3. The maximum Gasteiger partial charge on any atom is 0.416 e. The number of Topliss-reactive ketones (excluding diaryl/α,β-unsaturated/α-hetero) is 1. The second-order valence-electron chi connectivity index (χ2n) is 4.75. The zero-order chi connectivity index (χ0) is 14.9. The zero-order valence-corrected chi connectivity index (χ0v) is 11.8. The molecule has 1 aliphatic heterocycles. The fourth-order valence-corrected chi connectivity index (χ4v) is 2.72. The Kier molecular flexibility index (Phi) is 4.29. The van der Waals surface area contributed by atoms with Gasteiger partial charge in [0.1, 0.15) is 17.6 Å². The van der Waals surface area contributed by atoms with Crippen LogP contribution in [0.15, 0.2) is 18.2 Å². The first-order valence-electron chi connectivity index (χ1n) is 5.93. The molecule has 1 atom stereocenters. The van der Waals surface area contributed by atoms with Crippen LogP contribution < -0.4 is 4.74 Å². The number of halogens is 3. The Hall–Kier alpha value is -1.21. The lowest BCUT2D eigenvalue weighted by molar-refractivity contribution is -0.137. The van der Waals surface area contributed by atoms with E-state index in [4.69, 9.17) is 4.74 Å². The summed E-state index contributed by atoms with van der Waals surface area (Å²) in [6, 6.07) is 3.00. The molecule has 0 amide bonds. The van der Waals surface area contributed by atoms with E-state index in [1.807, 2.05) is 19.0 Å². The van der Waals surface area contributed by atoms with Gasteiger partial charge in [-0.15, -0.1) is 11.8 Å². The molecule has 110 valence electrons. The van der Waals surface area contributed by atoms with Gasteiger partial charge in [0.25, 0.3) is 0 Å². The summed E-state index contributed by atoms with van der Waals surface area (Å²) in [6.45, 7) is 0.103. The molecule has 20 heavy (non-hydrogen) atoms. The monoisotopic (exact) mass is 305 g/mol. The molecular weight excluding hydrogens is 291 g/mol. The van der Waals surface area contributed by atoms with Crippen LogP contribution in [0.25, 0.3) is 0 Å². The molecule has 0 aliphatic carbocycles. The molecule has 0 aromatic heterocycles. The molecule has 1 heterocycles. The molecular formula is C13H14F3NO2S. The van der Waals surface area contributed by atoms with Gasteiger partial charge in [-0.1, -0.05) is 0 Å². The number of thioether (sulfide) groups is 1. The van der Waals surface area contributed by atoms with E-state index in [2.05, 4.69) is 0 Å². The molecule has 1 unspecified atom stereocenters. The lowest BCUT2D eigenvalue weighted by Gasteiger charge is -2.25. The maximum absolute atomic E-state index is 12.6. The van der Waals surface area contributed by atoms with Crippen LogP contribution in [0.3, 0.4) is 0 Å². The standard InChI is InChI=1S/C13H14F3NO2S/c1-17(2)7-20-11-6-19-10-5-8(13(14,15)16)3-4-9(10)12(11)18/h3-5,11H,6-7H2,1-2H3. The third kappa shape index (κ3) is 3.27. The first-order chi connectivity index (χ1) is 9.29. The molecule has 0 fully saturated rings. The highest BCUT2D eigenvalue weighted by Crippen LogP contribution is 2.36. The molecule has 0 saturated carbocycles. The highest BCUT2D eigenvalue weighted by molar-refractivity contribution is 8.00. The highest BCUT2D eigenvalue weighted by atomic mass is 32.2. The molecule has 0 spiro atoms. The van der Waals surface area contributed by atoms with E-state index >= 15 is 0 Å². The molecule has 1 aromatic rings. The molecule has 0 radical (unpaired) electrons. The van der Waals surface area contributed by atoms with Crippen molar-refractivity contribution in [2.24, 2.45) is 0 Å². The van der Waals surface area contributed by atoms with Gasteiger partial charge in [-0.25, -0.2) is 0 Å². The summed E-state index contributed by atoms with van der Waals surface area (Å²) < 4.78 is 43.1. The Morgan fingerprint density at radius 1 is 1.40 bits per heavy atom. The number of ketones is 1. The van der Waals surface area contributed by atoms with Gasteiger partial charge in [0.2, 0.25) is 0 Å². The fraction of sp³-hybridized carbons (Fsp3) is 0.462. The molecule has 0 bridgehead atoms. The summed E-state index contributed by atoms with van der Waals surface area (Å²) in [5.41, 5.74) is -0.580. The van der Waals surface area contributed by atoms with Crippen molar-refractivity contribution in [2.45, 2.75) is 11.4 Å². The number of nitrogens with zero attached hydrogens (tertiary/aromatic N) is 1. The Morgan fingerprint density at radius 3 is 2.70 bits per heavy atom. The zero-order valence-electron chi connectivity index (χ0n) is 11.0. The number of hydrogen-bond donors (Lipinski definition) is 0. The van der Waals surface area contributed by atoms with Gasteiger partial charge in [0.05, 0.1) is 11.1 Å². The van der Waals surface area contributed by atoms with Crippen molar-refractivity contribution < 1.29 is 22.7 Å². The summed E-state index contributed by atoms with van der Waals surface area (Å²) >= 11 is 1.42. The van der Waals surface area contributed by atoms with Gasteiger partial charge in [-0.3, -0.25) is 4.79 Å². The third-order valence-electron chi connectivity index (χ3n) is 2.79. The van der Waals surface area contributed by atoms with Crippen molar-refractivity contribution in [3.63, 3.8) is 0 Å². The number of carbonyl (C=O) groups is 1. The number of benzene rings is 1. The van der Waals surface area contributed by atoms with E-state index in [1.54, 1.807) is 0 Å². The van der Waals surface area contributed by atoms with Crippen molar-refractivity contribution >= 4 is 17.5 Å². The van der Waals surface area contributed by atoms with Gasteiger partial charge < -0.3 is 9.64 Å². The van der Waals surface area contributed by atoms with Gasteiger partial charge in [-0.2, -0.15) is 13.2 Å². The normalized spacial score (nSPS) is 18.9. The van der Waals surface area contributed by atoms with Crippen molar-refractivity contribution in [1.82, 2.24) is 4.90 Å². The highest BCUT2D eigenvalue weighted by Gasteiger charge is 2.34. The molecule has 1 aromatic carbocycles. The smallest absolute Gasteiger partial charge is 0.416 e. The number of fused-ring (bicyclic) bond motifs is 1. The molecule has 0 N–H and O–H groups in total. The van der Waals surface area contributed by atoms with Crippen LogP contribution in [-0.2, 0) is 6.18 Å². The Labute approximate surface area is 119 Å². The van der Waals surface area contributed by atoms with Crippen LogP contribution in [0.2, 0.25) is 0 Å². The average Bonchev–Trinajstić information content (AvgIpc) is 2.36. The van der Waals surface area contributed by atoms with E-state index in [0.717, 1.165) is 12.1 Å². The van der Waals surface area contributed by atoms with Crippen LogP contribution in [0.4, 0.5) is 13.2 Å². The second-order valence-corrected chi connectivity index (χ2v) is 5.91. The minimum absolute atomic E-state index is 0.0199. The van der Waals surface area contributed by atoms with Gasteiger partial charge >= 0.3 is 6.18 Å². The lowest BCUT2D eigenvalue weighted by atomic mass is 10.0. The fourth-order valence-electron chi connectivity index (χ4n) is 1.80. The van der Waals surface area contributed by atoms with E-state index in [9.17, 15) is 18.0 Å². The predicted molar refractivity (Wildman–Crippen MR) is 71.2 cm³/mol. The van der Waals surface area contributed by atoms with Gasteiger partial charge in [0, 0.05) is 5.88 Å². The molecule has 0 saturated heterocycles. The molecule has 1 aliphatic rings. The first kappa shape index (κ1) is 15.2. The average molecular weight is 305 g/mol. The summed E-state index contributed by atoms with van der Waals surface area (Å²) in [7, 11) is 3.76. The van der Waals surface area contributed by atoms with Crippen molar-refractivity contribution in [3.05, 3.63) is 29.3 Å². The summed E-state index contributed by atoms with van der Waals surface area (Å²) in [6.07, 6.45) is -4.43. The maximum atomic E-state index is 12.6. The second kappa shape index (κ2) is 5.65. The largest absolute Gasteiger partial charge is 0.491 e. The van der Waals surface area contributed by atoms with E-state index < -0.39 is 11.7 Å². The Morgan fingerprint density at radius 2 is 2.10 bits per heavy atom. The summed E-state index contributed by atoms with van der Waals surface area (Å²) in [5.74, 6) is 0.494. The molecule has 7 heteroatoms. The number of hydrogen-bond acceptors (Lipinski definition) is 4. The number of alkyl halides is 3. The summed E-state index contributed by atoms with van der Waals surface area (Å²) in [4.78, 5) is 14.1. The van der Waals surface area contributed by atoms with Crippen LogP contribution in [0, 0.1) is 0 Å². The number of carbonyl (C=O) groups excluding carboxylic acids is 1. The Balaban J connectivity index is 2.19. The van der Waals surface area contributed by atoms with Crippen LogP contribution in [0.1, 0.15) is 15.9 Å². The van der Waals surface area contributed by atoms with Crippen molar-refractivity contribution in [3.8, 4) is 5.75 Å². The van der Waals surface area contributed by atoms with Gasteiger partial charge in [0.15, 0.2) is 5.78 Å². The minimum atomic E-state index is -4.43. The van der Waals surface area contributed by atoms with E-state index in [1.165, 1.54) is 17.8 Å². The SMILES string of the molecule is CN(C)CSC1COc2cc(C(F)(F)F)ccc2C1=O.